The topological polar surface area (TPSA) is 78.0 Å². The molecule has 1 aromatic heterocycles. The van der Waals surface area contributed by atoms with Gasteiger partial charge in [-0.05, 0) is 43.4 Å². The molecule has 2 aliphatic rings. The van der Waals surface area contributed by atoms with Crippen LogP contribution in [0.1, 0.15) is 54.5 Å². The van der Waals surface area contributed by atoms with Gasteiger partial charge in [-0.15, -0.1) is 5.10 Å². The number of hydrogen-bond acceptors (Lipinski definition) is 4. The lowest BCUT2D eigenvalue weighted by Crippen LogP contribution is -2.39. The van der Waals surface area contributed by atoms with Gasteiger partial charge in [-0.25, -0.2) is 0 Å². The second-order valence-corrected chi connectivity index (χ2v) is 10.9. The first kappa shape index (κ1) is 21.0. The minimum absolute atomic E-state index is 0.228. The third-order valence-electron chi connectivity index (χ3n) is 7.22. The molecule has 0 bridgehead atoms. The Morgan fingerprint density at radius 3 is 2.38 bits per heavy atom. The van der Waals surface area contributed by atoms with Crippen molar-refractivity contribution in [1.29, 1.82) is 0 Å². The van der Waals surface area contributed by atoms with Gasteiger partial charge < -0.3 is 5.73 Å². The van der Waals surface area contributed by atoms with Crippen molar-refractivity contribution < 1.29 is 8.42 Å². The van der Waals surface area contributed by atoms with Crippen LogP contribution >= 0.6 is 0 Å². The first-order valence-corrected chi connectivity index (χ1v) is 12.8. The van der Waals surface area contributed by atoms with Crippen molar-refractivity contribution in [2.24, 2.45) is 5.92 Å². The van der Waals surface area contributed by atoms with Gasteiger partial charge in [-0.1, -0.05) is 79.4 Å². The number of anilines is 1. The van der Waals surface area contributed by atoms with Crippen LogP contribution in [0.4, 0.5) is 5.82 Å². The van der Waals surface area contributed by atoms with Gasteiger partial charge in [0.25, 0.3) is 10.0 Å². The number of allylic oxidation sites excluding steroid dienone is 1. The highest BCUT2D eigenvalue weighted by atomic mass is 32.2. The number of fused-ring (bicyclic) bond motifs is 1. The van der Waals surface area contributed by atoms with E-state index in [1.165, 1.54) is 28.9 Å². The van der Waals surface area contributed by atoms with Gasteiger partial charge in [-0.3, -0.25) is 0 Å². The van der Waals surface area contributed by atoms with E-state index >= 15 is 0 Å². The van der Waals surface area contributed by atoms with Gasteiger partial charge in [0, 0.05) is 17.4 Å². The summed E-state index contributed by atoms with van der Waals surface area (Å²) in [6, 6.07) is 17.4. The van der Waals surface area contributed by atoms with Gasteiger partial charge in [0.1, 0.15) is 0 Å². The fourth-order valence-corrected chi connectivity index (χ4v) is 6.79. The van der Waals surface area contributed by atoms with Crippen molar-refractivity contribution >= 4 is 21.9 Å². The summed E-state index contributed by atoms with van der Waals surface area (Å²) < 4.78 is 28.3. The molecule has 32 heavy (non-hydrogen) atoms. The number of nitrogen functional groups attached to an aromatic ring is 1. The van der Waals surface area contributed by atoms with Crippen LogP contribution in [0.15, 0.2) is 65.6 Å². The molecular weight excluding hydrogens is 418 g/mol. The molecule has 1 unspecified atom stereocenters. The lowest BCUT2D eigenvalue weighted by molar-refractivity contribution is 0.241. The second kappa shape index (κ2) is 7.93. The number of benzene rings is 2. The summed E-state index contributed by atoms with van der Waals surface area (Å²) in [5.41, 5.74) is 9.60. The summed E-state index contributed by atoms with van der Waals surface area (Å²) in [5, 5.41) is 4.32. The quantitative estimate of drug-likeness (QED) is 0.604. The number of nitrogens with zero attached hydrogens (tertiary/aromatic N) is 2. The first-order valence-electron chi connectivity index (χ1n) is 11.4. The zero-order chi connectivity index (χ0) is 22.3. The number of nitrogens with two attached hydrogens (primary N) is 1. The van der Waals surface area contributed by atoms with Crippen LogP contribution in [0, 0.1) is 12.8 Å². The van der Waals surface area contributed by atoms with Crippen molar-refractivity contribution in [1.82, 2.24) is 9.19 Å². The van der Waals surface area contributed by atoms with Gasteiger partial charge in [-0.2, -0.15) is 12.5 Å². The second-order valence-electron chi connectivity index (χ2n) is 9.16. The average Bonchev–Trinajstić information content (AvgIpc) is 3.17. The zero-order valence-electron chi connectivity index (χ0n) is 18.4. The van der Waals surface area contributed by atoms with Crippen LogP contribution in [0.2, 0.25) is 0 Å². The Kier molecular flexibility index (Phi) is 5.20. The van der Waals surface area contributed by atoms with E-state index in [1.807, 2.05) is 31.2 Å². The Balaban J connectivity index is 1.65. The Morgan fingerprint density at radius 1 is 1.00 bits per heavy atom. The summed E-state index contributed by atoms with van der Waals surface area (Å²) in [7, 11) is -3.85. The van der Waals surface area contributed by atoms with Crippen molar-refractivity contribution in [3.8, 4) is 0 Å². The molecule has 2 aliphatic carbocycles. The molecule has 5 nitrogen and oxygen atoms in total. The van der Waals surface area contributed by atoms with Crippen LogP contribution in [-0.4, -0.2) is 17.6 Å². The Labute approximate surface area is 190 Å². The lowest BCUT2D eigenvalue weighted by Gasteiger charge is -2.43. The molecule has 6 heteroatoms. The van der Waals surface area contributed by atoms with Gasteiger partial charge >= 0.3 is 0 Å². The fourth-order valence-electron chi connectivity index (χ4n) is 5.46. The first-order chi connectivity index (χ1) is 15.4. The fraction of sp³-hybridized carbons (Fsp3) is 0.346. The number of aromatic nitrogens is 2. The van der Waals surface area contributed by atoms with E-state index in [4.69, 9.17) is 5.73 Å². The van der Waals surface area contributed by atoms with Crippen molar-refractivity contribution in [3.05, 3.63) is 83.1 Å². The molecule has 1 atom stereocenters. The summed E-state index contributed by atoms with van der Waals surface area (Å²) in [6.45, 7) is 1.94. The molecule has 0 saturated heterocycles. The van der Waals surface area contributed by atoms with E-state index in [0.717, 1.165) is 24.0 Å². The molecule has 1 saturated carbocycles. The van der Waals surface area contributed by atoms with Gasteiger partial charge in [0.15, 0.2) is 5.82 Å². The van der Waals surface area contributed by atoms with E-state index in [1.54, 1.807) is 12.1 Å². The largest absolute Gasteiger partial charge is 0.382 e. The Bertz CT molecular complexity index is 1250. The highest BCUT2D eigenvalue weighted by molar-refractivity contribution is 7.89. The minimum Gasteiger partial charge on any atom is -0.382 e. The van der Waals surface area contributed by atoms with E-state index in [2.05, 4.69) is 35.4 Å². The molecule has 5 rings (SSSR count). The molecule has 1 fully saturated rings. The molecular formula is C26H29N3O2S. The molecule has 2 aromatic carbocycles. The molecule has 2 N–H and O–H groups in total. The normalized spacial score (nSPS) is 21.4. The maximum Gasteiger partial charge on any atom is 0.283 e. The maximum absolute atomic E-state index is 13.6. The van der Waals surface area contributed by atoms with E-state index < -0.39 is 10.0 Å². The molecule has 0 radical (unpaired) electrons. The highest BCUT2D eigenvalue weighted by Gasteiger charge is 2.43. The average molecular weight is 448 g/mol. The third kappa shape index (κ3) is 3.37. The van der Waals surface area contributed by atoms with Crippen LogP contribution in [0.25, 0.3) is 6.08 Å². The number of aryl methyl sites for hydroxylation is 1. The van der Waals surface area contributed by atoms with E-state index in [9.17, 15) is 8.42 Å². The Hall–Kier alpha value is -2.86. The molecule has 0 spiro atoms. The van der Waals surface area contributed by atoms with Crippen LogP contribution < -0.4 is 5.73 Å². The number of hydrogen-bond donors (Lipinski definition) is 1. The summed E-state index contributed by atoms with van der Waals surface area (Å²) >= 11 is 0. The third-order valence-corrected chi connectivity index (χ3v) is 8.84. The standard InChI is InChI=1S/C26H29N3O2S/c1-19-12-14-22(15-13-19)32(30,31)29-24-18-26(20-8-4-2-5-9-20,21-10-6-3-7-11-21)17-16-23(24)25(27)28-29/h2,4-5,8-9,12-17,21H,3,6-7,10-11,18H2,1H3,(H2,27,28). The van der Waals surface area contributed by atoms with Crippen molar-refractivity contribution in [2.45, 2.75) is 55.8 Å². The van der Waals surface area contributed by atoms with Gasteiger partial charge in [0.05, 0.1) is 10.6 Å². The van der Waals surface area contributed by atoms with Crippen LogP contribution in [0.3, 0.4) is 0 Å². The maximum atomic E-state index is 13.6. The lowest BCUT2D eigenvalue weighted by atomic mass is 9.61. The predicted octanol–water partition coefficient (Wildman–Crippen LogP) is 5.10. The number of rotatable bonds is 4. The van der Waals surface area contributed by atoms with Crippen molar-refractivity contribution in [3.63, 3.8) is 0 Å². The smallest absolute Gasteiger partial charge is 0.283 e. The van der Waals surface area contributed by atoms with Crippen LogP contribution in [-0.2, 0) is 21.9 Å². The predicted molar refractivity (Wildman–Crippen MR) is 128 cm³/mol. The summed E-state index contributed by atoms with van der Waals surface area (Å²) in [5.74, 6) is 0.715. The minimum atomic E-state index is -3.85. The summed E-state index contributed by atoms with van der Waals surface area (Å²) in [4.78, 5) is 0.228. The summed E-state index contributed by atoms with van der Waals surface area (Å²) in [6.07, 6.45) is 10.8. The van der Waals surface area contributed by atoms with Crippen molar-refractivity contribution in [2.75, 3.05) is 5.73 Å². The van der Waals surface area contributed by atoms with Crippen LogP contribution in [0.5, 0.6) is 0 Å². The Morgan fingerprint density at radius 2 is 1.69 bits per heavy atom. The zero-order valence-corrected chi connectivity index (χ0v) is 19.2. The molecule has 0 amide bonds. The SMILES string of the molecule is Cc1ccc(S(=O)(=O)n2nc(N)c3c2CC(c2ccccc2)(C2CCCCC2)C=C3)cc1. The highest BCUT2D eigenvalue weighted by Crippen LogP contribution is 2.48. The molecule has 0 aliphatic heterocycles. The molecule has 166 valence electrons. The molecule has 3 aromatic rings. The van der Waals surface area contributed by atoms with E-state index in [-0.39, 0.29) is 16.1 Å². The molecule has 1 heterocycles. The van der Waals surface area contributed by atoms with E-state index in [0.29, 0.717) is 18.0 Å². The van der Waals surface area contributed by atoms with Gasteiger partial charge in [0.2, 0.25) is 0 Å². The monoisotopic (exact) mass is 447 g/mol.